The monoisotopic (exact) mass is 419 g/mol. The standard InChI is InChI=1S/C22H24F3N3O2/c1-15-4-2-5-16(10-15)13-28-9-8-19(14-28)27-20(29)12-26-21(30)17-6-3-7-18(11-17)22(23,24)25/h2-7,10-11,19H,8-9,12-14H2,1H3,(H,26,30)(H,27,29)/t19-/m1/s1. The Balaban J connectivity index is 1.44. The van der Waals surface area contributed by atoms with Gasteiger partial charge >= 0.3 is 6.18 Å². The SMILES string of the molecule is Cc1cccc(CN2CC[C@@H](NC(=O)CNC(=O)c3cccc(C(F)(F)F)c3)C2)c1. The summed E-state index contributed by atoms with van der Waals surface area (Å²) in [5.74, 6) is -1.08. The number of aryl methyl sites for hydroxylation is 1. The topological polar surface area (TPSA) is 61.4 Å². The van der Waals surface area contributed by atoms with E-state index in [-0.39, 0.29) is 24.1 Å². The Bertz CT molecular complexity index is 914. The lowest BCUT2D eigenvalue weighted by molar-refractivity contribution is -0.137. The van der Waals surface area contributed by atoms with E-state index >= 15 is 0 Å². The van der Waals surface area contributed by atoms with Crippen LogP contribution in [0.2, 0.25) is 0 Å². The van der Waals surface area contributed by atoms with Crippen molar-refractivity contribution in [3.63, 3.8) is 0 Å². The Labute approximate surface area is 173 Å². The normalized spacial score (nSPS) is 17.0. The fourth-order valence-electron chi connectivity index (χ4n) is 3.54. The molecule has 2 amide bonds. The van der Waals surface area contributed by atoms with Gasteiger partial charge in [0.05, 0.1) is 12.1 Å². The van der Waals surface area contributed by atoms with Crippen molar-refractivity contribution in [3.8, 4) is 0 Å². The fraction of sp³-hybridized carbons (Fsp3) is 0.364. The molecule has 0 bridgehead atoms. The summed E-state index contributed by atoms with van der Waals surface area (Å²) in [6.45, 7) is 4.13. The number of hydrogen-bond acceptors (Lipinski definition) is 3. The van der Waals surface area contributed by atoms with Gasteiger partial charge in [-0.15, -0.1) is 0 Å². The van der Waals surface area contributed by atoms with Crippen LogP contribution < -0.4 is 10.6 Å². The number of likely N-dealkylation sites (tertiary alicyclic amines) is 1. The first-order valence-corrected chi connectivity index (χ1v) is 9.73. The molecule has 2 aromatic carbocycles. The predicted octanol–water partition coefficient (Wildman–Crippen LogP) is 3.13. The molecular formula is C22H24F3N3O2. The lowest BCUT2D eigenvalue weighted by Gasteiger charge is -2.17. The van der Waals surface area contributed by atoms with Crippen LogP contribution in [0.3, 0.4) is 0 Å². The number of halogens is 3. The molecule has 160 valence electrons. The molecule has 8 heteroatoms. The van der Waals surface area contributed by atoms with Crippen LogP contribution >= 0.6 is 0 Å². The highest BCUT2D eigenvalue weighted by molar-refractivity contribution is 5.96. The number of rotatable bonds is 6. The Morgan fingerprint density at radius 3 is 2.63 bits per heavy atom. The van der Waals surface area contributed by atoms with Crippen LogP contribution in [0.1, 0.15) is 33.5 Å². The zero-order chi connectivity index (χ0) is 21.7. The number of hydrogen-bond donors (Lipinski definition) is 2. The predicted molar refractivity (Wildman–Crippen MR) is 107 cm³/mol. The van der Waals surface area contributed by atoms with Crippen LogP contribution in [0.5, 0.6) is 0 Å². The second-order valence-corrected chi connectivity index (χ2v) is 7.54. The molecule has 0 spiro atoms. The highest BCUT2D eigenvalue weighted by Crippen LogP contribution is 2.29. The van der Waals surface area contributed by atoms with Gasteiger partial charge < -0.3 is 10.6 Å². The van der Waals surface area contributed by atoms with Gasteiger partial charge in [-0.3, -0.25) is 14.5 Å². The van der Waals surface area contributed by atoms with Crippen molar-refractivity contribution in [1.29, 1.82) is 0 Å². The van der Waals surface area contributed by atoms with Crippen LogP contribution in [0, 0.1) is 6.92 Å². The summed E-state index contributed by atoms with van der Waals surface area (Å²) in [7, 11) is 0. The van der Waals surface area contributed by atoms with Crippen molar-refractivity contribution < 1.29 is 22.8 Å². The van der Waals surface area contributed by atoms with E-state index in [1.165, 1.54) is 23.3 Å². The number of nitrogens with zero attached hydrogens (tertiary/aromatic N) is 1. The van der Waals surface area contributed by atoms with Gasteiger partial charge in [-0.25, -0.2) is 0 Å². The fourth-order valence-corrected chi connectivity index (χ4v) is 3.54. The molecule has 0 radical (unpaired) electrons. The first-order valence-electron chi connectivity index (χ1n) is 9.73. The van der Waals surface area contributed by atoms with E-state index in [0.717, 1.165) is 31.6 Å². The molecule has 3 rings (SSSR count). The average Bonchev–Trinajstić information content (AvgIpc) is 3.12. The van der Waals surface area contributed by atoms with E-state index in [2.05, 4.69) is 27.7 Å². The zero-order valence-corrected chi connectivity index (χ0v) is 16.6. The van der Waals surface area contributed by atoms with Crippen LogP contribution in [-0.2, 0) is 17.5 Å². The summed E-state index contributed by atoms with van der Waals surface area (Å²) in [5, 5.41) is 5.25. The first kappa shape index (κ1) is 21.8. The molecule has 1 aliphatic heterocycles. The van der Waals surface area contributed by atoms with Crippen molar-refractivity contribution in [2.75, 3.05) is 19.6 Å². The molecule has 0 aromatic heterocycles. The van der Waals surface area contributed by atoms with Crippen molar-refractivity contribution in [3.05, 3.63) is 70.8 Å². The lowest BCUT2D eigenvalue weighted by Crippen LogP contribution is -2.43. The van der Waals surface area contributed by atoms with Gasteiger partial charge in [0, 0.05) is 31.2 Å². The summed E-state index contributed by atoms with van der Waals surface area (Å²) in [5.41, 5.74) is 1.38. The Morgan fingerprint density at radius 2 is 1.90 bits per heavy atom. The van der Waals surface area contributed by atoms with E-state index in [0.29, 0.717) is 6.54 Å². The van der Waals surface area contributed by atoms with Crippen LogP contribution in [0.25, 0.3) is 0 Å². The number of benzene rings is 2. The first-order chi connectivity index (χ1) is 14.2. The van der Waals surface area contributed by atoms with Gasteiger partial charge in [0.15, 0.2) is 0 Å². The Kier molecular flexibility index (Phi) is 6.77. The number of carbonyl (C=O) groups excluding carboxylic acids is 2. The molecule has 30 heavy (non-hydrogen) atoms. The minimum absolute atomic E-state index is 0.0206. The third-order valence-electron chi connectivity index (χ3n) is 4.99. The molecule has 5 nitrogen and oxygen atoms in total. The van der Waals surface area contributed by atoms with Crippen LogP contribution in [-0.4, -0.2) is 42.4 Å². The van der Waals surface area contributed by atoms with E-state index in [9.17, 15) is 22.8 Å². The highest BCUT2D eigenvalue weighted by Gasteiger charge is 2.31. The Morgan fingerprint density at radius 1 is 1.13 bits per heavy atom. The molecule has 2 aromatic rings. The van der Waals surface area contributed by atoms with Crippen molar-refractivity contribution in [1.82, 2.24) is 15.5 Å². The van der Waals surface area contributed by atoms with E-state index in [1.807, 2.05) is 19.1 Å². The maximum atomic E-state index is 12.8. The zero-order valence-electron chi connectivity index (χ0n) is 16.6. The molecule has 1 heterocycles. The smallest absolute Gasteiger partial charge is 0.350 e. The summed E-state index contributed by atoms with van der Waals surface area (Å²) in [4.78, 5) is 26.5. The van der Waals surface area contributed by atoms with Crippen LogP contribution in [0.15, 0.2) is 48.5 Å². The van der Waals surface area contributed by atoms with Gasteiger partial charge in [0.25, 0.3) is 5.91 Å². The van der Waals surface area contributed by atoms with E-state index in [1.54, 1.807) is 0 Å². The molecule has 1 aliphatic rings. The minimum Gasteiger partial charge on any atom is -0.350 e. The second-order valence-electron chi connectivity index (χ2n) is 7.54. The third kappa shape index (κ3) is 6.06. The molecule has 0 saturated carbocycles. The van der Waals surface area contributed by atoms with Gasteiger partial charge in [-0.05, 0) is 37.1 Å². The molecule has 1 saturated heterocycles. The third-order valence-corrected chi connectivity index (χ3v) is 4.99. The summed E-state index contributed by atoms with van der Waals surface area (Å²) >= 11 is 0. The quantitative estimate of drug-likeness (QED) is 0.756. The van der Waals surface area contributed by atoms with Crippen molar-refractivity contribution in [2.24, 2.45) is 0 Å². The van der Waals surface area contributed by atoms with Crippen LogP contribution in [0.4, 0.5) is 13.2 Å². The number of amides is 2. The molecule has 0 unspecified atom stereocenters. The largest absolute Gasteiger partial charge is 0.416 e. The summed E-state index contributed by atoms with van der Waals surface area (Å²) in [6.07, 6.45) is -3.72. The van der Waals surface area contributed by atoms with E-state index in [4.69, 9.17) is 0 Å². The molecular weight excluding hydrogens is 395 g/mol. The average molecular weight is 419 g/mol. The summed E-state index contributed by atoms with van der Waals surface area (Å²) in [6, 6.07) is 12.4. The Hall–Kier alpha value is -2.87. The molecule has 1 fully saturated rings. The van der Waals surface area contributed by atoms with Crippen molar-refractivity contribution in [2.45, 2.75) is 32.1 Å². The number of nitrogens with one attached hydrogen (secondary N) is 2. The molecule has 0 aliphatic carbocycles. The van der Waals surface area contributed by atoms with Gasteiger partial charge in [0.1, 0.15) is 0 Å². The lowest BCUT2D eigenvalue weighted by atomic mass is 10.1. The van der Waals surface area contributed by atoms with Gasteiger partial charge in [-0.1, -0.05) is 35.9 Å². The molecule has 1 atom stereocenters. The molecule has 2 N–H and O–H groups in total. The number of alkyl halides is 3. The second kappa shape index (κ2) is 9.30. The highest BCUT2D eigenvalue weighted by atomic mass is 19.4. The maximum absolute atomic E-state index is 12.8. The van der Waals surface area contributed by atoms with Gasteiger partial charge in [0.2, 0.25) is 5.91 Å². The van der Waals surface area contributed by atoms with Crippen molar-refractivity contribution >= 4 is 11.8 Å². The maximum Gasteiger partial charge on any atom is 0.416 e. The van der Waals surface area contributed by atoms with E-state index < -0.39 is 17.6 Å². The van der Waals surface area contributed by atoms with Gasteiger partial charge in [-0.2, -0.15) is 13.2 Å². The minimum atomic E-state index is -4.53. The summed E-state index contributed by atoms with van der Waals surface area (Å²) < 4.78 is 38.3. The number of carbonyl (C=O) groups is 2.